The zero-order valence-corrected chi connectivity index (χ0v) is 15.2. The fourth-order valence-corrected chi connectivity index (χ4v) is 3.31. The lowest BCUT2D eigenvalue weighted by Crippen LogP contribution is -2.05. The van der Waals surface area contributed by atoms with Crippen LogP contribution in [0.4, 0.5) is 0 Å². The Morgan fingerprint density at radius 3 is 2.78 bits per heavy atom. The Morgan fingerprint density at radius 2 is 1.96 bits per heavy atom. The average Bonchev–Trinajstić information content (AvgIpc) is 3.37. The number of rotatable bonds is 6. The van der Waals surface area contributed by atoms with Crippen LogP contribution in [0.15, 0.2) is 72.5 Å². The maximum atomic E-state index is 12.2. The van der Waals surface area contributed by atoms with Crippen LogP contribution in [0, 0.1) is 0 Å². The number of ether oxygens (including phenoxy) is 1. The fourth-order valence-electron chi connectivity index (χ4n) is 2.53. The second-order valence-corrected chi connectivity index (χ2v) is 6.71. The number of aromatic nitrogens is 4. The average molecular weight is 376 g/mol. The van der Waals surface area contributed by atoms with E-state index in [2.05, 4.69) is 15.1 Å². The van der Waals surface area contributed by atoms with Crippen LogP contribution in [-0.4, -0.2) is 25.7 Å². The summed E-state index contributed by atoms with van der Waals surface area (Å²) in [5.74, 6) is -0.415. The van der Waals surface area contributed by atoms with Gasteiger partial charge >= 0.3 is 5.97 Å². The van der Waals surface area contributed by atoms with E-state index in [9.17, 15) is 4.79 Å². The highest BCUT2D eigenvalue weighted by Crippen LogP contribution is 2.21. The number of pyridine rings is 1. The van der Waals surface area contributed by atoms with Gasteiger partial charge in [0.25, 0.3) is 0 Å². The molecule has 0 N–H and O–H groups in total. The molecule has 0 radical (unpaired) electrons. The van der Waals surface area contributed by atoms with Gasteiger partial charge in [0.2, 0.25) is 0 Å². The van der Waals surface area contributed by atoms with Gasteiger partial charge in [-0.2, -0.15) is 5.10 Å². The van der Waals surface area contributed by atoms with Crippen LogP contribution >= 0.6 is 11.3 Å². The lowest BCUT2D eigenvalue weighted by atomic mass is 10.2. The Bertz CT molecular complexity index is 1030. The van der Waals surface area contributed by atoms with Gasteiger partial charge in [0.1, 0.15) is 11.6 Å². The standard InChI is InChI=1S/C20H16N4O2S/c25-20(16-10-22-24(12-16)11-15-6-2-1-3-7-15)26-13-17-14-27-19(23-17)18-8-4-5-9-21-18/h1-10,12,14H,11,13H2. The molecule has 134 valence electrons. The minimum Gasteiger partial charge on any atom is -0.455 e. The highest BCUT2D eigenvalue weighted by atomic mass is 32.1. The van der Waals surface area contributed by atoms with E-state index < -0.39 is 5.97 Å². The van der Waals surface area contributed by atoms with Crippen molar-refractivity contribution in [3.8, 4) is 10.7 Å². The maximum Gasteiger partial charge on any atom is 0.341 e. The Hall–Kier alpha value is -3.32. The first-order valence-electron chi connectivity index (χ1n) is 8.37. The predicted molar refractivity (Wildman–Crippen MR) is 102 cm³/mol. The minimum atomic E-state index is -0.415. The zero-order chi connectivity index (χ0) is 18.5. The van der Waals surface area contributed by atoms with Gasteiger partial charge in [-0.25, -0.2) is 9.78 Å². The van der Waals surface area contributed by atoms with Crippen LogP contribution in [-0.2, 0) is 17.9 Å². The first kappa shape index (κ1) is 17.1. The number of thiazole rings is 1. The van der Waals surface area contributed by atoms with Gasteiger partial charge < -0.3 is 4.74 Å². The molecule has 0 aliphatic carbocycles. The van der Waals surface area contributed by atoms with Crippen LogP contribution < -0.4 is 0 Å². The summed E-state index contributed by atoms with van der Waals surface area (Å²) in [5.41, 5.74) is 3.05. The molecule has 0 saturated heterocycles. The van der Waals surface area contributed by atoms with E-state index in [4.69, 9.17) is 4.74 Å². The van der Waals surface area contributed by atoms with Gasteiger partial charge in [-0.05, 0) is 17.7 Å². The zero-order valence-electron chi connectivity index (χ0n) is 14.4. The molecule has 7 heteroatoms. The van der Waals surface area contributed by atoms with E-state index in [1.165, 1.54) is 17.5 Å². The maximum absolute atomic E-state index is 12.2. The van der Waals surface area contributed by atoms with Gasteiger partial charge in [-0.1, -0.05) is 36.4 Å². The second-order valence-electron chi connectivity index (χ2n) is 5.85. The van der Waals surface area contributed by atoms with Gasteiger partial charge in [0.15, 0.2) is 0 Å². The molecule has 0 bridgehead atoms. The molecule has 4 aromatic rings. The summed E-state index contributed by atoms with van der Waals surface area (Å²) in [5, 5.41) is 6.90. The van der Waals surface area contributed by atoms with Crippen molar-refractivity contribution in [2.75, 3.05) is 0 Å². The topological polar surface area (TPSA) is 69.9 Å². The Kier molecular flexibility index (Phi) is 5.02. The Morgan fingerprint density at radius 1 is 1.11 bits per heavy atom. The number of carbonyl (C=O) groups excluding carboxylic acids is 1. The van der Waals surface area contributed by atoms with Gasteiger partial charge in [0.05, 0.1) is 29.7 Å². The summed E-state index contributed by atoms with van der Waals surface area (Å²) in [6, 6.07) is 15.6. The fraction of sp³-hybridized carbons (Fsp3) is 0.100. The number of hydrogen-bond donors (Lipinski definition) is 0. The van der Waals surface area contributed by atoms with E-state index in [0.717, 1.165) is 16.3 Å². The molecule has 0 amide bonds. The van der Waals surface area contributed by atoms with Gasteiger partial charge in [-0.3, -0.25) is 9.67 Å². The van der Waals surface area contributed by atoms with Crippen molar-refractivity contribution in [2.45, 2.75) is 13.2 Å². The van der Waals surface area contributed by atoms with Crippen molar-refractivity contribution in [2.24, 2.45) is 0 Å². The Balaban J connectivity index is 1.35. The predicted octanol–water partition coefficient (Wildman–Crippen LogP) is 3.81. The number of esters is 1. The minimum absolute atomic E-state index is 0.117. The Labute approximate surface area is 160 Å². The lowest BCUT2D eigenvalue weighted by Gasteiger charge is -2.01. The SMILES string of the molecule is O=C(OCc1csc(-c2ccccn2)n1)c1cnn(Cc2ccccc2)c1. The largest absolute Gasteiger partial charge is 0.455 e. The molecule has 0 saturated carbocycles. The number of nitrogens with zero attached hydrogens (tertiary/aromatic N) is 4. The number of carbonyl (C=O) groups is 1. The third-order valence-electron chi connectivity index (χ3n) is 3.84. The summed E-state index contributed by atoms with van der Waals surface area (Å²) in [6.45, 7) is 0.722. The van der Waals surface area contributed by atoms with E-state index >= 15 is 0 Å². The molecule has 0 unspecified atom stereocenters. The smallest absolute Gasteiger partial charge is 0.341 e. The van der Waals surface area contributed by atoms with Crippen molar-refractivity contribution in [3.63, 3.8) is 0 Å². The molecule has 0 aliphatic heterocycles. The van der Waals surface area contributed by atoms with Crippen molar-refractivity contribution < 1.29 is 9.53 Å². The van der Waals surface area contributed by atoms with E-state index in [-0.39, 0.29) is 6.61 Å². The lowest BCUT2D eigenvalue weighted by molar-refractivity contribution is 0.0468. The normalized spacial score (nSPS) is 10.7. The van der Waals surface area contributed by atoms with Crippen molar-refractivity contribution in [3.05, 3.63) is 89.3 Å². The summed E-state index contributed by atoms with van der Waals surface area (Å²) in [7, 11) is 0. The molecule has 6 nitrogen and oxygen atoms in total. The molecule has 3 heterocycles. The summed E-state index contributed by atoms with van der Waals surface area (Å²) in [4.78, 5) is 21.0. The molecule has 3 aromatic heterocycles. The number of hydrogen-bond acceptors (Lipinski definition) is 6. The van der Waals surface area contributed by atoms with Crippen LogP contribution in [0.1, 0.15) is 21.6 Å². The molecular weight excluding hydrogens is 360 g/mol. The first-order valence-corrected chi connectivity index (χ1v) is 9.25. The van der Waals surface area contributed by atoms with Crippen LogP contribution in [0.5, 0.6) is 0 Å². The third kappa shape index (κ3) is 4.27. The third-order valence-corrected chi connectivity index (χ3v) is 4.76. The summed E-state index contributed by atoms with van der Waals surface area (Å²) >= 11 is 1.47. The summed E-state index contributed by atoms with van der Waals surface area (Å²) < 4.78 is 7.07. The van der Waals surface area contributed by atoms with Gasteiger partial charge in [0, 0.05) is 17.8 Å². The van der Waals surface area contributed by atoms with Crippen molar-refractivity contribution >= 4 is 17.3 Å². The van der Waals surface area contributed by atoms with Gasteiger partial charge in [-0.15, -0.1) is 11.3 Å². The van der Waals surface area contributed by atoms with E-state index in [1.54, 1.807) is 17.1 Å². The highest BCUT2D eigenvalue weighted by molar-refractivity contribution is 7.13. The van der Waals surface area contributed by atoms with Crippen LogP contribution in [0.2, 0.25) is 0 Å². The van der Waals surface area contributed by atoms with Crippen molar-refractivity contribution in [1.29, 1.82) is 0 Å². The molecule has 0 aliphatic rings. The highest BCUT2D eigenvalue weighted by Gasteiger charge is 2.12. The monoisotopic (exact) mass is 376 g/mol. The van der Waals surface area contributed by atoms with Crippen molar-refractivity contribution in [1.82, 2.24) is 19.7 Å². The molecule has 4 rings (SSSR count). The number of benzene rings is 1. The van der Waals surface area contributed by atoms with Crippen LogP contribution in [0.25, 0.3) is 10.7 Å². The van der Waals surface area contributed by atoms with Crippen LogP contribution in [0.3, 0.4) is 0 Å². The summed E-state index contributed by atoms with van der Waals surface area (Å²) in [6.07, 6.45) is 4.94. The molecule has 1 aromatic carbocycles. The van der Waals surface area contributed by atoms with E-state index in [1.807, 2.05) is 53.9 Å². The molecular formula is C20H16N4O2S. The molecule has 0 atom stereocenters. The first-order chi connectivity index (χ1) is 13.3. The second kappa shape index (κ2) is 7.92. The molecule has 0 spiro atoms. The molecule has 0 fully saturated rings. The van der Waals surface area contributed by atoms with E-state index in [0.29, 0.717) is 17.8 Å². The molecule has 27 heavy (non-hydrogen) atoms. The quantitative estimate of drug-likeness (QED) is 0.479.